The fourth-order valence-corrected chi connectivity index (χ4v) is 3.77. The van der Waals surface area contributed by atoms with Crippen LogP contribution >= 0.6 is 0 Å². The first kappa shape index (κ1) is 21.5. The first-order valence-corrected chi connectivity index (χ1v) is 11.2. The average molecular weight is 448 g/mol. The van der Waals surface area contributed by atoms with Gasteiger partial charge in [-0.15, -0.1) is 0 Å². The SMILES string of the molecule is COc1ccc(-c2cc(=Nc3ccc(OCc4ccccc4)cc3)c3cc(C)ccc3o2)cc1. The molecule has 1 aromatic heterocycles. The van der Waals surface area contributed by atoms with Crippen LogP contribution in [0.1, 0.15) is 11.1 Å². The molecule has 34 heavy (non-hydrogen) atoms. The standard InChI is InChI=1S/C30H25NO3/c1-21-8-17-29-27(18-21)28(19-30(34-29)23-9-13-25(32-2)14-10-23)31-24-11-15-26(16-12-24)33-20-22-6-4-3-5-7-22/h3-19H,20H2,1-2H3. The molecular formula is C30H25NO3. The molecule has 4 nitrogen and oxygen atoms in total. The minimum Gasteiger partial charge on any atom is -0.497 e. The van der Waals surface area contributed by atoms with E-state index in [2.05, 4.69) is 25.1 Å². The highest BCUT2D eigenvalue weighted by Gasteiger charge is 2.07. The molecule has 1 heterocycles. The highest BCUT2D eigenvalue weighted by molar-refractivity contribution is 5.79. The predicted octanol–water partition coefficient (Wildman–Crippen LogP) is 7.23. The Morgan fingerprint density at radius 3 is 2.24 bits per heavy atom. The van der Waals surface area contributed by atoms with Crippen LogP contribution in [0.25, 0.3) is 22.3 Å². The molecule has 168 valence electrons. The molecule has 0 aliphatic heterocycles. The summed E-state index contributed by atoms with van der Waals surface area (Å²) < 4.78 is 17.4. The summed E-state index contributed by atoms with van der Waals surface area (Å²) in [6.07, 6.45) is 0. The summed E-state index contributed by atoms with van der Waals surface area (Å²) in [5, 5.41) is 1.83. The van der Waals surface area contributed by atoms with E-state index < -0.39 is 0 Å². The number of fused-ring (bicyclic) bond motifs is 1. The Morgan fingerprint density at radius 2 is 1.50 bits per heavy atom. The summed E-state index contributed by atoms with van der Waals surface area (Å²) in [6.45, 7) is 2.60. The van der Waals surface area contributed by atoms with Gasteiger partial charge < -0.3 is 13.9 Å². The van der Waals surface area contributed by atoms with E-state index in [1.165, 1.54) is 0 Å². The number of ether oxygens (including phenoxy) is 2. The molecule has 0 fully saturated rings. The normalized spacial score (nSPS) is 11.5. The smallest absolute Gasteiger partial charge is 0.136 e. The van der Waals surface area contributed by atoms with Gasteiger partial charge in [0.2, 0.25) is 0 Å². The minimum atomic E-state index is 0.534. The van der Waals surface area contributed by atoms with Gasteiger partial charge in [0.25, 0.3) is 0 Å². The van der Waals surface area contributed by atoms with Crippen LogP contribution < -0.4 is 14.8 Å². The van der Waals surface area contributed by atoms with Crippen molar-refractivity contribution in [3.05, 3.63) is 120 Å². The molecule has 0 atom stereocenters. The maximum atomic E-state index is 6.23. The van der Waals surface area contributed by atoms with Gasteiger partial charge >= 0.3 is 0 Å². The summed E-state index contributed by atoms with van der Waals surface area (Å²) in [6, 6.07) is 33.9. The number of methoxy groups -OCH3 is 1. The molecule has 0 amide bonds. The quantitative estimate of drug-likeness (QED) is 0.276. The third kappa shape index (κ3) is 4.86. The van der Waals surface area contributed by atoms with E-state index in [-0.39, 0.29) is 0 Å². The lowest BCUT2D eigenvalue weighted by Crippen LogP contribution is -2.03. The van der Waals surface area contributed by atoms with Gasteiger partial charge in [-0.25, -0.2) is 4.99 Å². The molecule has 0 spiro atoms. The highest BCUT2D eigenvalue weighted by atomic mass is 16.5. The Kier molecular flexibility index (Phi) is 6.13. The van der Waals surface area contributed by atoms with Crippen molar-refractivity contribution >= 4 is 16.7 Å². The zero-order chi connectivity index (χ0) is 23.3. The number of hydrogen-bond donors (Lipinski definition) is 0. The summed E-state index contributed by atoms with van der Waals surface area (Å²) >= 11 is 0. The maximum Gasteiger partial charge on any atom is 0.136 e. The second-order valence-corrected chi connectivity index (χ2v) is 8.10. The van der Waals surface area contributed by atoms with Crippen molar-refractivity contribution in [3.8, 4) is 22.8 Å². The number of rotatable bonds is 6. The van der Waals surface area contributed by atoms with Crippen molar-refractivity contribution in [2.24, 2.45) is 4.99 Å². The average Bonchev–Trinajstić information content (AvgIpc) is 2.89. The molecular weight excluding hydrogens is 422 g/mol. The van der Waals surface area contributed by atoms with Crippen LogP contribution in [0.4, 0.5) is 5.69 Å². The van der Waals surface area contributed by atoms with E-state index in [9.17, 15) is 0 Å². The number of benzene rings is 4. The Hall–Kier alpha value is -4.31. The van der Waals surface area contributed by atoms with Gasteiger partial charge in [-0.2, -0.15) is 0 Å². The molecule has 0 saturated carbocycles. The van der Waals surface area contributed by atoms with Crippen molar-refractivity contribution in [3.63, 3.8) is 0 Å². The third-order valence-corrected chi connectivity index (χ3v) is 5.61. The first-order chi connectivity index (χ1) is 16.7. The third-order valence-electron chi connectivity index (χ3n) is 5.61. The zero-order valence-electron chi connectivity index (χ0n) is 19.2. The summed E-state index contributed by atoms with van der Waals surface area (Å²) in [4.78, 5) is 4.95. The van der Waals surface area contributed by atoms with Gasteiger partial charge in [-0.3, -0.25) is 0 Å². The van der Waals surface area contributed by atoms with Gasteiger partial charge in [0, 0.05) is 17.0 Å². The largest absolute Gasteiger partial charge is 0.497 e. The van der Waals surface area contributed by atoms with Crippen molar-refractivity contribution < 1.29 is 13.9 Å². The van der Waals surface area contributed by atoms with E-state index in [0.29, 0.717) is 6.61 Å². The van der Waals surface area contributed by atoms with Crippen molar-refractivity contribution in [2.75, 3.05) is 7.11 Å². The lowest BCUT2D eigenvalue weighted by Gasteiger charge is -2.08. The molecule has 0 aliphatic carbocycles. The molecule has 0 N–H and O–H groups in total. The van der Waals surface area contributed by atoms with E-state index >= 15 is 0 Å². The van der Waals surface area contributed by atoms with Crippen molar-refractivity contribution in [1.29, 1.82) is 0 Å². The molecule has 5 aromatic rings. The molecule has 0 aliphatic rings. The van der Waals surface area contributed by atoms with Crippen LogP contribution in [0.3, 0.4) is 0 Å². The Balaban J connectivity index is 1.49. The summed E-state index contributed by atoms with van der Waals surface area (Å²) in [7, 11) is 1.66. The molecule has 5 rings (SSSR count). The Bertz CT molecular complexity index is 1470. The van der Waals surface area contributed by atoms with E-state index in [1.54, 1.807) is 7.11 Å². The van der Waals surface area contributed by atoms with E-state index in [0.717, 1.165) is 56.0 Å². The summed E-state index contributed by atoms with van der Waals surface area (Å²) in [5.74, 6) is 2.37. The van der Waals surface area contributed by atoms with Crippen LogP contribution in [0.15, 0.2) is 113 Å². The maximum absolute atomic E-state index is 6.23. The molecule has 4 aromatic carbocycles. The second-order valence-electron chi connectivity index (χ2n) is 8.10. The molecule has 0 unspecified atom stereocenters. The molecule has 4 heteroatoms. The topological polar surface area (TPSA) is 44.0 Å². The zero-order valence-corrected chi connectivity index (χ0v) is 19.2. The molecule has 0 saturated heterocycles. The van der Waals surface area contributed by atoms with Gasteiger partial charge in [0.1, 0.15) is 29.4 Å². The van der Waals surface area contributed by atoms with E-state index in [4.69, 9.17) is 18.9 Å². The monoisotopic (exact) mass is 447 g/mol. The lowest BCUT2D eigenvalue weighted by molar-refractivity contribution is 0.306. The highest BCUT2D eigenvalue weighted by Crippen LogP contribution is 2.26. The second kappa shape index (κ2) is 9.67. The number of aryl methyl sites for hydroxylation is 1. The lowest BCUT2D eigenvalue weighted by atomic mass is 10.1. The van der Waals surface area contributed by atoms with Crippen molar-refractivity contribution in [1.82, 2.24) is 0 Å². The minimum absolute atomic E-state index is 0.534. The Morgan fingerprint density at radius 1 is 0.765 bits per heavy atom. The fourth-order valence-electron chi connectivity index (χ4n) is 3.77. The molecule has 0 bridgehead atoms. The first-order valence-electron chi connectivity index (χ1n) is 11.2. The predicted molar refractivity (Wildman–Crippen MR) is 135 cm³/mol. The van der Waals surface area contributed by atoms with Gasteiger partial charge in [0.15, 0.2) is 0 Å². The number of hydrogen-bond acceptors (Lipinski definition) is 4. The van der Waals surface area contributed by atoms with Gasteiger partial charge in [0.05, 0.1) is 18.2 Å². The van der Waals surface area contributed by atoms with Gasteiger partial charge in [-0.1, -0.05) is 42.0 Å². The van der Waals surface area contributed by atoms with Crippen LogP contribution in [-0.2, 0) is 6.61 Å². The van der Waals surface area contributed by atoms with Crippen LogP contribution in [0.2, 0.25) is 0 Å². The van der Waals surface area contributed by atoms with Crippen molar-refractivity contribution in [2.45, 2.75) is 13.5 Å². The molecule has 0 radical (unpaired) electrons. The van der Waals surface area contributed by atoms with Crippen LogP contribution in [0.5, 0.6) is 11.5 Å². The van der Waals surface area contributed by atoms with Gasteiger partial charge in [-0.05, 0) is 73.2 Å². The van der Waals surface area contributed by atoms with Crippen LogP contribution in [-0.4, -0.2) is 7.11 Å². The fraction of sp³-hybridized carbons (Fsp3) is 0.100. The Labute approximate surface area is 198 Å². The summed E-state index contributed by atoms with van der Waals surface area (Å²) in [5.41, 5.74) is 4.89. The number of nitrogens with zero attached hydrogens (tertiary/aromatic N) is 1. The van der Waals surface area contributed by atoms with Crippen LogP contribution in [0, 0.1) is 6.92 Å². The van der Waals surface area contributed by atoms with E-state index in [1.807, 2.05) is 84.9 Å².